The number of unbranched alkanes of at least 4 members (excludes halogenated alkanes) is 1. The van der Waals surface area contributed by atoms with Crippen molar-refractivity contribution < 1.29 is 4.79 Å². The van der Waals surface area contributed by atoms with Crippen molar-refractivity contribution in [3.8, 4) is 0 Å². The normalized spacial score (nSPS) is 10.8. The monoisotopic (exact) mass is 256 g/mol. The quantitative estimate of drug-likeness (QED) is 0.474. The van der Waals surface area contributed by atoms with Crippen molar-refractivity contribution in [3.05, 3.63) is 42.0 Å². The summed E-state index contributed by atoms with van der Waals surface area (Å²) in [5.74, 6) is 0.0550. The molecule has 2 aromatic rings. The fourth-order valence-corrected chi connectivity index (χ4v) is 2.14. The lowest BCUT2D eigenvalue weighted by atomic mass is 10.0. The van der Waals surface area contributed by atoms with E-state index in [1.54, 1.807) is 0 Å². The number of rotatable bonds is 6. The number of carbonyl (C=O) groups is 1. The molecule has 0 radical (unpaired) electrons. The Bertz CT molecular complexity index is 578. The summed E-state index contributed by atoms with van der Waals surface area (Å²) in [5, 5.41) is 5.17. The second-order valence-corrected chi connectivity index (χ2v) is 4.70. The van der Waals surface area contributed by atoms with Crippen LogP contribution >= 0.6 is 0 Å². The van der Waals surface area contributed by atoms with Gasteiger partial charge in [0.2, 0.25) is 0 Å². The molecule has 3 nitrogen and oxygen atoms in total. The van der Waals surface area contributed by atoms with Crippen LogP contribution < -0.4 is 11.1 Å². The molecule has 19 heavy (non-hydrogen) atoms. The lowest BCUT2D eigenvalue weighted by molar-refractivity contribution is 0.0992. The van der Waals surface area contributed by atoms with E-state index in [9.17, 15) is 4.79 Å². The van der Waals surface area contributed by atoms with Crippen molar-refractivity contribution in [2.24, 2.45) is 0 Å². The zero-order valence-corrected chi connectivity index (χ0v) is 11.3. The van der Waals surface area contributed by atoms with Crippen molar-refractivity contribution in [1.82, 2.24) is 5.32 Å². The zero-order chi connectivity index (χ0) is 13.7. The van der Waals surface area contributed by atoms with Crippen LogP contribution in [0.4, 0.5) is 5.69 Å². The van der Waals surface area contributed by atoms with Crippen LogP contribution in [0.3, 0.4) is 0 Å². The first-order valence-electron chi connectivity index (χ1n) is 6.75. The average Bonchev–Trinajstić information content (AvgIpc) is 2.44. The summed E-state index contributed by atoms with van der Waals surface area (Å²) in [6.07, 6.45) is 2.21. The SMILES string of the molecule is CCCCNCC(=O)c1ccc2ccccc2c1N. The minimum Gasteiger partial charge on any atom is -0.398 e. The molecule has 0 amide bonds. The van der Waals surface area contributed by atoms with E-state index in [-0.39, 0.29) is 5.78 Å². The minimum absolute atomic E-state index is 0.0550. The van der Waals surface area contributed by atoms with Gasteiger partial charge >= 0.3 is 0 Å². The van der Waals surface area contributed by atoms with Crippen LogP contribution in [-0.2, 0) is 0 Å². The van der Waals surface area contributed by atoms with E-state index >= 15 is 0 Å². The highest BCUT2D eigenvalue weighted by Gasteiger charge is 2.11. The second kappa shape index (κ2) is 6.34. The number of nitrogens with two attached hydrogens (primary N) is 1. The maximum atomic E-state index is 12.1. The van der Waals surface area contributed by atoms with Crippen LogP contribution in [0.5, 0.6) is 0 Å². The predicted octanol–water partition coefficient (Wildman–Crippen LogP) is 2.99. The highest BCUT2D eigenvalue weighted by Crippen LogP contribution is 2.24. The number of carbonyl (C=O) groups excluding carboxylic acids is 1. The molecule has 0 unspecified atom stereocenters. The summed E-state index contributed by atoms with van der Waals surface area (Å²) >= 11 is 0. The number of benzene rings is 2. The third-order valence-electron chi connectivity index (χ3n) is 3.26. The Kier molecular flexibility index (Phi) is 4.53. The number of fused-ring (bicyclic) bond motifs is 1. The molecular weight excluding hydrogens is 236 g/mol. The van der Waals surface area contributed by atoms with Crippen molar-refractivity contribution in [2.75, 3.05) is 18.8 Å². The number of anilines is 1. The van der Waals surface area contributed by atoms with Crippen LogP contribution in [0.1, 0.15) is 30.1 Å². The molecule has 0 saturated carbocycles. The Morgan fingerprint density at radius 2 is 2.00 bits per heavy atom. The Morgan fingerprint density at radius 3 is 2.79 bits per heavy atom. The first kappa shape index (κ1) is 13.6. The number of nitrogens with one attached hydrogen (secondary N) is 1. The summed E-state index contributed by atoms with van der Waals surface area (Å²) in [6.45, 7) is 3.35. The van der Waals surface area contributed by atoms with Gasteiger partial charge in [-0.15, -0.1) is 0 Å². The third-order valence-corrected chi connectivity index (χ3v) is 3.26. The van der Waals surface area contributed by atoms with Crippen molar-refractivity contribution in [1.29, 1.82) is 0 Å². The number of hydrogen-bond acceptors (Lipinski definition) is 3. The highest BCUT2D eigenvalue weighted by molar-refractivity contribution is 6.09. The zero-order valence-electron chi connectivity index (χ0n) is 11.3. The fraction of sp³-hybridized carbons (Fsp3) is 0.312. The maximum absolute atomic E-state index is 12.1. The number of nitrogen functional groups attached to an aromatic ring is 1. The lowest BCUT2D eigenvalue weighted by Gasteiger charge is -2.09. The molecule has 3 heteroatoms. The van der Waals surface area contributed by atoms with Gasteiger partial charge in [-0.05, 0) is 24.4 Å². The van der Waals surface area contributed by atoms with Gasteiger partial charge in [-0.1, -0.05) is 43.7 Å². The van der Waals surface area contributed by atoms with Crippen LogP contribution in [0.2, 0.25) is 0 Å². The molecule has 0 fully saturated rings. The first-order chi connectivity index (χ1) is 9.24. The van der Waals surface area contributed by atoms with Gasteiger partial charge in [0, 0.05) is 10.9 Å². The average molecular weight is 256 g/mol. The molecule has 0 aliphatic carbocycles. The molecule has 2 rings (SSSR count). The smallest absolute Gasteiger partial charge is 0.178 e. The van der Waals surface area contributed by atoms with Gasteiger partial charge in [0.05, 0.1) is 12.2 Å². The number of hydrogen-bond donors (Lipinski definition) is 2. The predicted molar refractivity (Wildman–Crippen MR) is 80.5 cm³/mol. The largest absolute Gasteiger partial charge is 0.398 e. The Labute approximate surface area is 113 Å². The highest BCUT2D eigenvalue weighted by atomic mass is 16.1. The fourth-order valence-electron chi connectivity index (χ4n) is 2.14. The van der Waals surface area contributed by atoms with Gasteiger partial charge in [-0.2, -0.15) is 0 Å². The molecule has 0 aliphatic heterocycles. The molecule has 0 aliphatic rings. The molecule has 0 atom stereocenters. The van der Waals surface area contributed by atoms with E-state index in [0.29, 0.717) is 17.8 Å². The van der Waals surface area contributed by atoms with E-state index in [1.165, 1.54) is 0 Å². The van der Waals surface area contributed by atoms with Crippen molar-refractivity contribution >= 4 is 22.2 Å². The Balaban J connectivity index is 2.16. The number of Topliss-reactive ketones (excluding diaryl/α,β-unsaturated/α-hetero) is 1. The first-order valence-corrected chi connectivity index (χ1v) is 6.75. The van der Waals surface area contributed by atoms with E-state index in [1.807, 2.05) is 36.4 Å². The van der Waals surface area contributed by atoms with Gasteiger partial charge in [0.1, 0.15) is 0 Å². The van der Waals surface area contributed by atoms with Gasteiger partial charge in [-0.25, -0.2) is 0 Å². The maximum Gasteiger partial charge on any atom is 0.178 e. The number of ketones is 1. The van der Waals surface area contributed by atoms with E-state index in [0.717, 1.165) is 30.2 Å². The molecule has 2 aromatic carbocycles. The van der Waals surface area contributed by atoms with Gasteiger partial charge in [0.15, 0.2) is 5.78 Å². The summed E-state index contributed by atoms with van der Waals surface area (Å²) in [4.78, 5) is 12.1. The van der Waals surface area contributed by atoms with Gasteiger partial charge in [0.25, 0.3) is 0 Å². The molecule has 0 bridgehead atoms. The minimum atomic E-state index is 0.0550. The molecule has 0 heterocycles. The summed E-state index contributed by atoms with van der Waals surface area (Å²) < 4.78 is 0. The molecule has 0 aromatic heterocycles. The molecular formula is C16H20N2O. The van der Waals surface area contributed by atoms with Crippen LogP contribution in [0, 0.1) is 0 Å². The molecule has 3 N–H and O–H groups in total. The standard InChI is InChI=1S/C16H20N2O/c1-2-3-10-18-11-15(19)14-9-8-12-6-4-5-7-13(12)16(14)17/h4-9,18H,2-3,10-11,17H2,1H3. The van der Waals surface area contributed by atoms with Crippen molar-refractivity contribution in [2.45, 2.75) is 19.8 Å². The van der Waals surface area contributed by atoms with E-state index in [2.05, 4.69) is 12.2 Å². The van der Waals surface area contributed by atoms with Crippen LogP contribution in [0.15, 0.2) is 36.4 Å². The van der Waals surface area contributed by atoms with Crippen LogP contribution in [-0.4, -0.2) is 18.9 Å². The van der Waals surface area contributed by atoms with Crippen molar-refractivity contribution in [3.63, 3.8) is 0 Å². The van der Waals surface area contributed by atoms with Gasteiger partial charge in [-0.3, -0.25) is 4.79 Å². The Morgan fingerprint density at radius 1 is 1.21 bits per heavy atom. The summed E-state index contributed by atoms with van der Waals surface area (Å²) in [5.41, 5.74) is 7.30. The topological polar surface area (TPSA) is 55.1 Å². The molecule has 100 valence electrons. The van der Waals surface area contributed by atoms with Crippen LogP contribution in [0.25, 0.3) is 10.8 Å². The second-order valence-electron chi connectivity index (χ2n) is 4.70. The molecule has 0 saturated heterocycles. The Hall–Kier alpha value is -1.87. The third kappa shape index (κ3) is 3.12. The van der Waals surface area contributed by atoms with E-state index < -0.39 is 0 Å². The lowest BCUT2D eigenvalue weighted by Crippen LogP contribution is -2.24. The molecule has 0 spiro atoms. The summed E-state index contributed by atoms with van der Waals surface area (Å²) in [6, 6.07) is 11.6. The van der Waals surface area contributed by atoms with E-state index in [4.69, 9.17) is 5.73 Å². The summed E-state index contributed by atoms with van der Waals surface area (Å²) in [7, 11) is 0. The van der Waals surface area contributed by atoms with Gasteiger partial charge < -0.3 is 11.1 Å².